The van der Waals surface area contributed by atoms with E-state index in [4.69, 9.17) is 26.8 Å². The van der Waals surface area contributed by atoms with E-state index >= 15 is 0 Å². The zero-order valence-electron chi connectivity index (χ0n) is 13.8. The van der Waals surface area contributed by atoms with Crippen LogP contribution in [-0.4, -0.2) is 43.2 Å². The molecule has 1 saturated heterocycles. The van der Waals surface area contributed by atoms with Crippen LogP contribution in [0.2, 0.25) is 5.02 Å². The van der Waals surface area contributed by atoms with E-state index in [0.29, 0.717) is 42.1 Å². The van der Waals surface area contributed by atoms with E-state index in [1.54, 1.807) is 6.07 Å². The number of nitrogens with two attached hydrogens (primary N) is 1. The maximum Gasteiger partial charge on any atom is 0.226 e. The van der Waals surface area contributed by atoms with Crippen LogP contribution in [0, 0.1) is 5.92 Å². The zero-order chi connectivity index (χ0) is 16.4. The monoisotopic (exact) mass is 374 g/mol. The van der Waals surface area contributed by atoms with Crippen molar-refractivity contribution in [2.24, 2.45) is 11.7 Å². The first-order valence-electron chi connectivity index (χ1n) is 8.16. The second-order valence-corrected chi connectivity index (χ2v) is 6.76. The van der Waals surface area contributed by atoms with Crippen molar-refractivity contribution in [3.8, 4) is 11.5 Å². The molecule has 3 rings (SSSR count). The van der Waals surface area contributed by atoms with Gasteiger partial charge in [0, 0.05) is 19.1 Å². The SMILES string of the molecule is CC(N)C1CCN(C(=O)Cc2cc(Cl)c3c(c2)OCCO3)CC1.Cl. The molecular formula is C17H24Cl2N2O3. The minimum Gasteiger partial charge on any atom is -0.486 e. The number of nitrogens with zero attached hydrogens (tertiary/aromatic N) is 1. The highest BCUT2D eigenvalue weighted by Gasteiger charge is 2.25. The summed E-state index contributed by atoms with van der Waals surface area (Å²) in [5.41, 5.74) is 6.81. The Labute approximate surface area is 153 Å². The molecule has 0 aliphatic carbocycles. The van der Waals surface area contributed by atoms with Crippen LogP contribution in [0.5, 0.6) is 11.5 Å². The van der Waals surface area contributed by atoms with Crippen LogP contribution >= 0.6 is 24.0 Å². The summed E-state index contributed by atoms with van der Waals surface area (Å²) in [6.07, 6.45) is 2.29. The first-order valence-corrected chi connectivity index (χ1v) is 8.54. The maximum atomic E-state index is 12.5. The van der Waals surface area contributed by atoms with E-state index in [9.17, 15) is 4.79 Å². The summed E-state index contributed by atoms with van der Waals surface area (Å²) in [6.45, 7) is 4.61. The molecule has 1 unspecified atom stereocenters. The highest BCUT2D eigenvalue weighted by atomic mass is 35.5. The largest absolute Gasteiger partial charge is 0.486 e. The molecule has 1 amide bonds. The molecule has 1 fully saturated rings. The number of benzene rings is 1. The number of halogens is 2. The van der Waals surface area contributed by atoms with Crippen LogP contribution < -0.4 is 15.2 Å². The predicted octanol–water partition coefficient (Wildman–Crippen LogP) is 2.66. The Morgan fingerprint density at radius 3 is 2.67 bits per heavy atom. The van der Waals surface area contributed by atoms with Gasteiger partial charge in [0.05, 0.1) is 11.4 Å². The third kappa shape index (κ3) is 4.26. The summed E-state index contributed by atoms with van der Waals surface area (Å²) >= 11 is 6.23. The summed E-state index contributed by atoms with van der Waals surface area (Å²) in [5, 5.41) is 0.501. The Morgan fingerprint density at radius 2 is 2.00 bits per heavy atom. The molecular weight excluding hydrogens is 351 g/mol. The molecule has 24 heavy (non-hydrogen) atoms. The molecule has 1 atom stereocenters. The summed E-state index contributed by atoms with van der Waals surface area (Å²) in [7, 11) is 0. The summed E-state index contributed by atoms with van der Waals surface area (Å²) in [6, 6.07) is 3.85. The summed E-state index contributed by atoms with van der Waals surface area (Å²) in [4.78, 5) is 14.4. The van der Waals surface area contributed by atoms with E-state index in [0.717, 1.165) is 31.5 Å². The van der Waals surface area contributed by atoms with Gasteiger partial charge in [-0.1, -0.05) is 11.6 Å². The van der Waals surface area contributed by atoms with Crippen LogP contribution in [0.3, 0.4) is 0 Å². The lowest BCUT2D eigenvalue weighted by molar-refractivity contribution is -0.131. The number of carbonyl (C=O) groups excluding carboxylic acids is 1. The molecule has 0 saturated carbocycles. The number of hydrogen-bond acceptors (Lipinski definition) is 4. The molecule has 0 bridgehead atoms. The van der Waals surface area contributed by atoms with Gasteiger partial charge in [-0.2, -0.15) is 0 Å². The maximum absolute atomic E-state index is 12.5. The molecule has 7 heteroatoms. The quantitative estimate of drug-likeness (QED) is 0.882. The molecule has 2 heterocycles. The molecule has 2 aliphatic heterocycles. The van der Waals surface area contributed by atoms with Gasteiger partial charge in [-0.25, -0.2) is 0 Å². The molecule has 2 aliphatic rings. The second kappa shape index (κ2) is 8.28. The van der Waals surface area contributed by atoms with Crippen LogP contribution in [0.25, 0.3) is 0 Å². The number of likely N-dealkylation sites (tertiary alicyclic amines) is 1. The predicted molar refractivity (Wildman–Crippen MR) is 96.3 cm³/mol. The van der Waals surface area contributed by atoms with Gasteiger partial charge in [0.25, 0.3) is 0 Å². The van der Waals surface area contributed by atoms with Gasteiger partial charge in [-0.05, 0) is 43.4 Å². The molecule has 1 aromatic rings. The van der Waals surface area contributed by atoms with Gasteiger partial charge in [-0.3, -0.25) is 4.79 Å². The minimum absolute atomic E-state index is 0. The average Bonchev–Trinajstić information content (AvgIpc) is 2.55. The van der Waals surface area contributed by atoms with Crippen molar-refractivity contribution in [3.63, 3.8) is 0 Å². The number of amides is 1. The van der Waals surface area contributed by atoms with Crippen molar-refractivity contribution in [2.45, 2.75) is 32.2 Å². The van der Waals surface area contributed by atoms with Crippen molar-refractivity contribution in [2.75, 3.05) is 26.3 Å². The van der Waals surface area contributed by atoms with E-state index < -0.39 is 0 Å². The molecule has 5 nitrogen and oxygen atoms in total. The molecule has 0 radical (unpaired) electrons. The van der Waals surface area contributed by atoms with Crippen molar-refractivity contribution < 1.29 is 14.3 Å². The standard InChI is InChI=1S/C17H23ClN2O3.ClH/c1-11(19)13-2-4-20(5-3-13)16(21)10-12-8-14(18)17-15(9-12)22-6-7-23-17;/h8-9,11,13H,2-7,10,19H2,1H3;1H. The zero-order valence-corrected chi connectivity index (χ0v) is 15.4. The molecule has 1 aromatic carbocycles. The first-order chi connectivity index (χ1) is 11.0. The normalized spacial score (nSPS) is 18.7. The minimum atomic E-state index is 0. The highest BCUT2D eigenvalue weighted by Crippen LogP contribution is 2.38. The van der Waals surface area contributed by atoms with E-state index in [-0.39, 0.29) is 24.4 Å². The van der Waals surface area contributed by atoms with Gasteiger partial charge in [0.2, 0.25) is 5.91 Å². The lowest BCUT2D eigenvalue weighted by Crippen LogP contribution is -2.43. The number of piperidine rings is 1. The number of fused-ring (bicyclic) bond motifs is 1. The number of carbonyl (C=O) groups is 1. The number of rotatable bonds is 3. The topological polar surface area (TPSA) is 64.8 Å². The highest BCUT2D eigenvalue weighted by molar-refractivity contribution is 6.32. The molecule has 134 valence electrons. The van der Waals surface area contributed by atoms with E-state index in [2.05, 4.69) is 0 Å². The fourth-order valence-electron chi connectivity index (χ4n) is 3.23. The van der Waals surface area contributed by atoms with Gasteiger partial charge in [0.1, 0.15) is 13.2 Å². The fraction of sp³-hybridized carbons (Fsp3) is 0.588. The summed E-state index contributed by atoms with van der Waals surface area (Å²) in [5.74, 6) is 1.85. The molecule has 0 spiro atoms. The van der Waals surface area contributed by atoms with E-state index in [1.165, 1.54) is 0 Å². The van der Waals surface area contributed by atoms with E-state index in [1.807, 2.05) is 17.9 Å². The van der Waals surface area contributed by atoms with Gasteiger partial charge in [-0.15, -0.1) is 12.4 Å². The Morgan fingerprint density at radius 1 is 1.33 bits per heavy atom. The van der Waals surface area contributed by atoms with Gasteiger partial charge >= 0.3 is 0 Å². The third-order valence-electron chi connectivity index (χ3n) is 4.65. The summed E-state index contributed by atoms with van der Waals surface area (Å²) < 4.78 is 11.1. The molecule has 0 aromatic heterocycles. The van der Waals surface area contributed by atoms with Gasteiger partial charge in [0.15, 0.2) is 11.5 Å². The Balaban J connectivity index is 0.00000208. The van der Waals surface area contributed by atoms with Crippen molar-refractivity contribution in [3.05, 3.63) is 22.7 Å². The smallest absolute Gasteiger partial charge is 0.226 e. The van der Waals surface area contributed by atoms with Crippen LogP contribution in [0.4, 0.5) is 0 Å². The number of hydrogen-bond donors (Lipinski definition) is 1. The average molecular weight is 375 g/mol. The Kier molecular flexibility index (Phi) is 6.61. The van der Waals surface area contributed by atoms with Gasteiger partial charge < -0.3 is 20.1 Å². The lowest BCUT2D eigenvalue weighted by atomic mass is 9.91. The van der Waals surface area contributed by atoms with Crippen molar-refractivity contribution in [1.82, 2.24) is 4.90 Å². The Hall–Kier alpha value is -1.17. The Bertz CT molecular complexity index is 587. The third-order valence-corrected chi connectivity index (χ3v) is 4.93. The molecule has 2 N–H and O–H groups in total. The fourth-order valence-corrected chi connectivity index (χ4v) is 3.52. The first kappa shape index (κ1) is 19.2. The second-order valence-electron chi connectivity index (χ2n) is 6.36. The van der Waals surface area contributed by atoms with Crippen LogP contribution in [0.1, 0.15) is 25.3 Å². The lowest BCUT2D eigenvalue weighted by Gasteiger charge is -2.33. The van der Waals surface area contributed by atoms with Crippen LogP contribution in [0.15, 0.2) is 12.1 Å². The number of ether oxygens (including phenoxy) is 2. The van der Waals surface area contributed by atoms with Crippen LogP contribution in [-0.2, 0) is 11.2 Å². The van der Waals surface area contributed by atoms with Crippen molar-refractivity contribution in [1.29, 1.82) is 0 Å². The van der Waals surface area contributed by atoms with Crippen molar-refractivity contribution >= 4 is 29.9 Å².